The Labute approximate surface area is 203 Å². The molecular weight excluding hydrogens is 424 g/mol. The predicted molar refractivity (Wildman–Crippen MR) is 138 cm³/mol. The van der Waals surface area contributed by atoms with E-state index in [0.29, 0.717) is 18.8 Å². The molecule has 3 aromatic rings. The van der Waals surface area contributed by atoms with E-state index in [1.807, 2.05) is 75.4 Å². The molecule has 0 radical (unpaired) electrons. The molecule has 1 heterocycles. The van der Waals surface area contributed by atoms with Gasteiger partial charge in [-0.15, -0.1) is 0 Å². The smallest absolute Gasteiger partial charge is 0.245 e. The molecule has 1 aromatic heterocycles. The minimum atomic E-state index is -0.218. The number of aryl methyl sites for hydroxylation is 2. The molecular formula is C28H36N4O2. The minimum Gasteiger partial charge on any atom is -0.333 e. The SMILES string of the molecule is CCCCCC(=O)N(CCC)CC(=O)Nc1c(-c2ccccc2)c(C)nn1-c1ccccc1C. The Morgan fingerprint density at radius 3 is 2.32 bits per heavy atom. The van der Waals surface area contributed by atoms with Crippen LogP contribution in [0.2, 0.25) is 0 Å². The highest BCUT2D eigenvalue weighted by Crippen LogP contribution is 2.34. The van der Waals surface area contributed by atoms with Crippen molar-refractivity contribution < 1.29 is 9.59 Å². The maximum atomic E-state index is 13.2. The van der Waals surface area contributed by atoms with Crippen LogP contribution in [-0.2, 0) is 9.59 Å². The molecule has 0 fully saturated rings. The molecule has 6 heteroatoms. The Balaban J connectivity index is 1.93. The molecule has 2 amide bonds. The minimum absolute atomic E-state index is 0.0328. The number of nitrogens with zero attached hydrogens (tertiary/aromatic N) is 3. The van der Waals surface area contributed by atoms with Crippen LogP contribution in [0.1, 0.15) is 57.2 Å². The Morgan fingerprint density at radius 1 is 0.941 bits per heavy atom. The van der Waals surface area contributed by atoms with E-state index in [9.17, 15) is 9.59 Å². The predicted octanol–water partition coefficient (Wildman–Crippen LogP) is 5.91. The average molecular weight is 461 g/mol. The van der Waals surface area contributed by atoms with E-state index in [4.69, 9.17) is 5.10 Å². The molecule has 2 aromatic carbocycles. The summed E-state index contributed by atoms with van der Waals surface area (Å²) in [5.41, 5.74) is 4.65. The van der Waals surface area contributed by atoms with Crippen molar-refractivity contribution in [1.82, 2.24) is 14.7 Å². The zero-order valence-corrected chi connectivity index (χ0v) is 20.8. The Bertz CT molecular complexity index is 1100. The topological polar surface area (TPSA) is 67.2 Å². The van der Waals surface area contributed by atoms with Gasteiger partial charge in [-0.1, -0.05) is 75.2 Å². The largest absolute Gasteiger partial charge is 0.333 e. The fourth-order valence-electron chi connectivity index (χ4n) is 4.16. The summed E-state index contributed by atoms with van der Waals surface area (Å²) in [4.78, 5) is 27.7. The number of benzene rings is 2. The molecule has 0 aliphatic rings. The van der Waals surface area contributed by atoms with Gasteiger partial charge in [0.05, 0.1) is 17.9 Å². The number of carbonyl (C=O) groups is 2. The molecule has 0 saturated carbocycles. The summed E-state index contributed by atoms with van der Waals surface area (Å²) < 4.78 is 1.80. The van der Waals surface area contributed by atoms with Crippen molar-refractivity contribution in [3.63, 3.8) is 0 Å². The fraction of sp³-hybridized carbons (Fsp3) is 0.393. The first-order chi connectivity index (χ1) is 16.5. The highest BCUT2D eigenvalue weighted by atomic mass is 16.2. The Morgan fingerprint density at radius 2 is 1.65 bits per heavy atom. The van der Waals surface area contributed by atoms with Gasteiger partial charge in [0.15, 0.2) is 0 Å². The summed E-state index contributed by atoms with van der Waals surface area (Å²) in [7, 11) is 0. The molecule has 0 atom stereocenters. The lowest BCUT2D eigenvalue weighted by atomic mass is 10.1. The van der Waals surface area contributed by atoms with Crippen molar-refractivity contribution in [2.24, 2.45) is 0 Å². The first-order valence-electron chi connectivity index (χ1n) is 12.2. The van der Waals surface area contributed by atoms with Crippen molar-refractivity contribution in [1.29, 1.82) is 0 Å². The van der Waals surface area contributed by atoms with Gasteiger partial charge < -0.3 is 10.2 Å². The third-order valence-corrected chi connectivity index (χ3v) is 5.90. The molecule has 0 aliphatic heterocycles. The summed E-state index contributed by atoms with van der Waals surface area (Å²) in [6, 6.07) is 17.9. The molecule has 6 nitrogen and oxygen atoms in total. The van der Waals surface area contributed by atoms with Crippen LogP contribution in [0.5, 0.6) is 0 Å². The van der Waals surface area contributed by atoms with Crippen LogP contribution in [0, 0.1) is 13.8 Å². The van der Waals surface area contributed by atoms with Gasteiger partial charge in [0.1, 0.15) is 5.82 Å². The Hall–Kier alpha value is -3.41. The zero-order chi connectivity index (χ0) is 24.5. The van der Waals surface area contributed by atoms with Gasteiger partial charge in [-0.05, 0) is 43.9 Å². The van der Waals surface area contributed by atoms with E-state index in [1.54, 1.807) is 9.58 Å². The number of aromatic nitrogens is 2. The van der Waals surface area contributed by atoms with E-state index < -0.39 is 0 Å². The van der Waals surface area contributed by atoms with Crippen LogP contribution in [0.3, 0.4) is 0 Å². The second-order valence-corrected chi connectivity index (χ2v) is 8.69. The van der Waals surface area contributed by atoms with Crippen LogP contribution in [-0.4, -0.2) is 39.6 Å². The Kier molecular flexibility index (Phi) is 9.02. The van der Waals surface area contributed by atoms with Crippen molar-refractivity contribution in [2.45, 2.75) is 59.8 Å². The third-order valence-electron chi connectivity index (χ3n) is 5.90. The molecule has 0 bridgehead atoms. The van der Waals surface area contributed by atoms with Crippen molar-refractivity contribution in [3.8, 4) is 16.8 Å². The lowest BCUT2D eigenvalue weighted by molar-refractivity contribution is -0.134. The first kappa shape index (κ1) is 25.2. The lowest BCUT2D eigenvalue weighted by Gasteiger charge is -2.22. The standard InChI is InChI=1S/C28H36N4O2/c1-5-7-9-18-26(34)31(19-6-2)20-25(33)29-28-27(23-15-10-8-11-16-23)22(4)30-32(28)24-17-13-12-14-21(24)3/h8,10-17H,5-7,9,18-20H2,1-4H3,(H,29,33). The van der Waals surface area contributed by atoms with E-state index >= 15 is 0 Å². The van der Waals surface area contributed by atoms with Gasteiger partial charge in [-0.25, -0.2) is 4.68 Å². The number of para-hydroxylation sites is 1. The van der Waals surface area contributed by atoms with Gasteiger partial charge in [-0.3, -0.25) is 9.59 Å². The van der Waals surface area contributed by atoms with Gasteiger partial charge in [-0.2, -0.15) is 5.10 Å². The lowest BCUT2D eigenvalue weighted by Crippen LogP contribution is -2.38. The molecule has 180 valence electrons. The molecule has 3 rings (SSSR count). The number of amides is 2. The van der Waals surface area contributed by atoms with E-state index in [-0.39, 0.29) is 18.4 Å². The fourth-order valence-corrected chi connectivity index (χ4v) is 4.16. The van der Waals surface area contributed by atoms with Crippen molar-refractivity contribution in [3.05, 3.63) is 65.9 Å². The van der Waals surface area contributed by atoms with E-state index in [2.05, 4.69) is 12.2 Å². The van der Waals surface area contributed by atoms with Crippen LogP contribution < -0.4 is 5.32 Å². The number of nitrogens with one attached hydrogen (secondary N) is 1. The zero-order valence-electron chi connectivity index (χ0n) is 20.8. The summed E-state index contributed by atoms with van der Waals surface area (Å²) in [5.74, 6) is 0.444. The number of unbranched alkanes of at least 4 members (excludes halogenated alkanes) is 2. The summed E-state index contributed by atoms with van der Waals surface area (Å²) >= 11 is 0. The molecule has 34 heavy (non-hydrogen) atoms. The maximum Gasteiger partial charge on any atom is 0.245 e. The van der Waals surface area contributed by atoms with Gasteiger partial charge >= 0.3 is 0 Å². The number of carbonyl (C=O) groups excluding carboxylic acids is 2. The maximum absolute atomic E-state index is 13.2. The highest BCUT2D eigenvalue weighted by molar-refractivity contribution is 5.98. The molecule has 0 aliphatic carbocycles. The normalized spacial score (nSPS) is 10.8. The monoisotopic (exact) mass is 460 g/mol. The van der Waals surface area contributed by atoms with Crippen molar-refractivity contribution >= 4 is 17.6 Å². The number of hydrogen-bond donors (Lipinski definition) is 1. The second kappa shape index (κ2) is 12.2. The summed E-state index contributed by atoms with van der Waals surface area (Å²) in [5, 5.41) is 7.90. The van der Waals surface area contributed by atoms with Crippen LogP contribution in [0.15, 0.2) is 54.6 Å². The second-order valence-electron chi connectivity index (χ2n) is 8.69. The third kappa shape index (κ3) is 6.13. The van der Waals surface area contributed by atoms with E-state index in [0.717, 1.165) is 53.8 Å². The quantitative estimate of drug-likeness (QED) is 0.362. The van der Waals surface area contributed by atoms with Gasteiger partial charge in [0.25, 0.3) is 0 Å². The van der Waals surface area contributed by atoms with E-state index in [1.165, 1.54) is 0 Å². The first-order valence-corrected chi connectivity index (χ1v) is 12.2. The molecule has 0 spiro atoms. The van der Waals surface area contributed by atoms with Crippen LogP contribution in [0.25, 0.3) is 16.8 Å². The highest BCUT2D eigenvalue weighted by Gasteiger charge is 2.23. The molecule has 0 saturated heterocycles. The average Bonchev–Trinajstić information content (AvgIpc) is 3.14. The van der Waals surface area contributed by atoms with Gasteiger partial charge in [0, 0.05) is 18.5 Å². The summed E-state index contributed by atoms with van der Waals surface area (Å²) in [6.45, 7) is 8.72. The molecule has 1 N–H and O–H groups in total. The molecule has 0 unspecified atom stereocenters. The number of rotatable bonds is 11. The number of hydrogen-bond acceptors (Lipinski definition) is 3. The van der Waals surface area contributed by atoms with Crippen LogP contribution >= 0.6 is 0 Å². The summed E-state index contributed by atoms with van der Waals surface area (Å²) in [6.07, 6.45) is 4.23. The van der Waals surface area contributed by atoms with Gasteiger partial charge in [0.2, 0.25) is 11.8 Å². The van der Waals surface area contributed by atoms with Crippen LogP contribution in [0.4, 0.5) is 5.82 Å². The van der Waals surface area contributed by atoms with Crippen molar-refractivity contribution in [2.75, 3.05) is 18.4 Å². The number of anilines is 1.